The number of halogens is 1. The van der Waals surface area contributed by atoms with E-state index in [-0.39, 0.29) is 18.0 Å². The first kappa shape index (κ1) is 17.7. The van der Waals surface area contributed by atoms with Gasteiger partial charge in [-0.15, -0.1) is 21.8 Å². The lowest BCUT2D eigenvalue weighted by atomic mass is 10.1. The minimum atomic E-state index is -0.510. The Kier molecular flexibility index (Phi) is 4.94. The number of aromatic nitrogens is 3. The van der Waals surface area contributed by atoms with Gasteiger partial charge in [0.15, 0.2) is 0 Å². The van der Waals surface area contributed by atoms with Crippen molar-refractivity contribution < 1.29 is 13.9 Å². The summed E-state index contributed by atoms with van der Waals surface area (Å²) in [6.45, 7) is 6.29. The van der Waals surface area contributed by atoms with Crippen LogP contribution in [0.25, 0.3) is 11.6 Å². The number of pyridine rings is 1. The molecular weight excluding hydrogens is 344 g/mol. The zero-order valence-electron chi connectivity index (χ0n) is 14.5. The van der Waals surface area contributed by atoms with Crippen LogP contribution in [0.1, 0.15) is 51.1 Å². The number of ether oxygens (including phenoxy) is 1. The van der Waals surface area contributed by atoms with Crippen molar-refractivity contribution in [3.63, 3.8) is 0 Å². The fourth-order valence-electron chi connectivity index (χ4n) is 2.79. The van der Waals surface area contributed by atoms with Crippen molar-refractivity contribution in [2.75, 3.05) is 6.54 Å². The third-order valence-corrected chi connectivity index (χ3v) is 4.08. The minimum absolute atomic E-state index is 0.0301. The Labute approximate surface area is 151 Å². The molecule has 1 atom stereocenters. The Morgan fingerprint density at radius 1 is 1.40 bits per heavy atom. The van der Waals surface area contributed by atoms with Crippen LogP contribution in [0.5, 0.6) is 0 Å². The summed E-state index contributed by atoms with van der Waals surface area (Å²) in [6, 6.07) is 3.71. The molecule has 3 heterocycles. The molecule has 8 heteroatoms. The first-order valence-corrected chi connectivity index (χ1v) is 8.75. The Balaban J connectivity index is 1.75. The summed E-state index contributed by atoms with van der Waals surface area (Å²) in [4.78, 5) is 18.6. The topological polar surface area (TPSA) is 81.4 Å². The average molecular weight is 365 g/mol. The van der Waals surface area contributed by atoms with Crippen LogP contribution in [-0.2, 0) is 10.6 Å². The van der Waals surface area contributed by atoms with Crippen molar-refractivity contribution >= 4 is 17.7 Å². The molecule has 2 aromatic rings. The summed E-state index contributed by atoms with van der Waals surface area (Å²) in [6.07, 6.45) is 3.28. The number of likely N-dealkylation sites (tertiary alicyclic amines) is 1. The number of nitrogens with zero attached hydrogens (tertiary/aromatic N) is 4. The maximum Gasteiger partial charge on any atom is 0.410 e. The molecular formula is C17H21ClN4O3. The molecule has 3 rings (SSSR count). The van der Waals surface area contributed by atoms with Crippen LogP contribution in [0, 0.1) is 0 Å². The molecule has 1 fully saturated rings. The van der Waals surface area contributed by atoms with Crippen LogP contribution in [0.15, 0.2) is 22.7 Å². The molecule has 0 saturated carbocycles. The van der Waals surface area contributed by atoms with Crippen molar-refractivity contribution in [2.24, 2.45) is 0 Å². The molecule has 0 N–H and O–H groups in total. The first-order chi connectivity index (χ1) is 11.9. The largest absolute Gasteiger partial charge is 0.444 e. The van der Waals surface area contributed by atoms with Gasteiger partial charge in [0, 0.05) is 12.7 Å². The van der Waals surface area contributed by atoms with Gasteiger partial charge in [-0.3, -0.25) is 4.98 Å². The van der Waals surface area contributed by atoms with E-state index in [1.54, 1.807) is 11.1 Å². The fourth-order valence-corrected chi connectivity index (χ4v) is 2.90. The number of hydrogen-bond donors (Lipinski definition) is 0. The summed E-state index contributed by atoms with van der Waals surface area (Å²) in [5, 5.41) is 7.74. The van der Waals surface area contributed by atoms with Crippen LogP contribution in [0.2, 0.25) is 0 Å². The van der Waals surface area contributed by atoms with Gasteiger partial charge < -0.3 is 14.1 Å². The third kappa shape index (κ3) is 4.10. The summed E-state index contributed by atoms with van der Waals surface area (Å²) in [5.41, 5.74) is 1.03. The van der Waals surface area contributed by atoms with Crippen LogP contribution in [-0.4, -0.2) is 38.3 Å². The number of hydrogen-bond acceptors (Lipinski definition) is 6. The quantitative estimate of drug-likeness (QED) is 0.767. The molecule has 1 unspecified atom stereocenters. The van der Waals surface area contributed by atoms with Crippen LogP contribution < -0.4 is 0 Å². The molecule has 1 aliphatic rings. The van der Waals surface area contributed by atoms with E-state index in [9.17, 15) is 4.79 Å². The van der Waals surface area contributed by atoms with Gasteiger partial charge in [-0.25, -0.2) is 4.79 Å². The van der Waals surface area contributed by atoms with Crippen molar-refractivity contribution in [1.82, 2.24) is 20.1 Å². The number of carbonyl (C=O) groups is 1. The van der Waals surface area contributed by atoms with E-state index in [4.69, 9.17) is 20.8 Å². The van der Waals surface area contributed by atoms with Gasteiger partial charge in [0.25, 0.3) is 5.89 Å². The minimum Gasteiger partial charge on any atom is -0.444 e. The number of rotatable bonds is 3. The highest BCUT2D eigenvalue weighted by molar-refractivity contribution is 6.16. The molecule has 0 aliphatic carbocycles. The molecule has 0 bridgehead atoms. The van der Waals surface area contributed by atoms with E-state index >= 15 is 0 Å². The lowest BCUT2D eigenvalue weighted by molar-refractivity contribution is 0.0224. The van der Waals surface area contributed by atoms with Gasteiger partial charge >= 0.3 is 6.09 Å². The Bertz CT molecular complexity index is 739. The monoisotopic (exact) mass is 364 g/mol. The molecule has 7 nitrogen and oxygen atoms in total. The number of alkyl halides is 1. The smallest absolute Gasteiger partial charge is 0.410 e. The van der Waals surface area contributed by atoms with Gasteiger partial charge in [-0.05, 0) is 45.2 Å². The van der Waals surface area contributed by atoms with Gasteiger partial charge in [0.2, 0.25) is 5.89 Å². The molecule has 25 heavy (non-hydrogen) atoms. The lowest BCUT2D eigenvalue weighted by Crippen LogP contribution is -2.36. The SMILES string of the molecule is CC(C)(C)OC(=O)N1CCCC1c1ccc(-c2nnc(CCl)o2)nc1. The highest BCUT2D eigenvalue weighted by Gasteiger charge is 2.33. The third-order valence-electron chi connectivity index (χ3n) is 3.85. The number of amides is 1. The summed E-state index contributed by atoms with van der Waals surface area (Å²) in [5.74, 6) is 0.852. The predicted octanol–water partition coefficient (Wildman–Crippen LogP) is 3.94. The lowest BCUT2D eigenvalue weighted by Gasteiger charge is -2.28. The fraction of sp³-hybridized carbons (Fsp3) is 0.529. The van der Waals surface area contributed by atoms with E-state index in [0.717, 1.165) is 18.4 Å². The van der Waals surface area contributed by atoms with Crippen molar-refractivity contribution in [3.8, 4) is 11.6 Å². The maximum absolute atomic E-state index is 12.4. The Morgan fingerprint density at radius 2 is 2.20 bits per heavy atom. The normalized spacial score (nSPS) is 17.8. The van der Waals surface area contributed by atoms with Crippen molar-refractivity contribution in [2.45, 2.75) is 51.1 Å². The zero-order chi connectivity index (χ0) is 18.0. The zero-order valence-corrected chi connectivity index (χ0v) is 15.3. The van der Waals surface area contributed by atoms with Crippen molar-refractivity contribution in [1.29, 1.82) is 0 Å². The maximum atomic E-state index is 12.4. The van der Waals surface area contributed by atoms with E-state index in [0.29, 0.717) is 24.0 Å². The second-order valence-electron chi connectivity index (χ2n) is 6.94. The molecule has 0 spiro atoms. The van der Waals surface area contributed by atoms with Crippen molar-refractivity contribution in [3.05, 3.63) is 29.8 Å². The van der Waals surface area contributed by atoms with E-state index in [1.807, 2.05) is 32.9 Å². The second kappa shape index (κ2) is 7.00. The summed E-state index contributed by atoms with van der Waals surface area (Å²) in [7, 11) is 0. The highest BCUT2D eigenvalue weighted by Crippen LogP contribution is 2.33. The van der Waals surface area contributed by atoms with Crippen LogP contribution >= 0.6 is 11.6 Å². The van der Waals surface area contributed by atoms with Gasteiger partial charge in [-0.2, -0.15) is 0 Å². The van der Waals surface area contributed by atoms with E-state index < -0.39 is 5.60 Å². The second-order valence-corrected chi connectivity index (χ2v) is 7.21. The summed E-state index contributed by atoms with van der Waals surface area (Å²) >= 11 is 5.66. The molecule has 1 amide bonds. The van der Waals surface area contributed by atoms with Crippen LogP contribution in [0.3, 0.4) is 0 Å². The molecule has 1 aliphatic heterocycles. The predicted molar refractivity (Wildman–Crippen MR) is 92.0 cm³/mol. The molecule has 134 valence electrons. The van der Waals surface area contributed by atoms with E-state index in [1.165, 1.54) is 0 Å². The van der Waals surface area contributed by atoms with Gasteiger partial charge in [0.1, 0.15) is 17.2 Å². The first-order valence-electron chi connectivity index (χ1n) is 8.21. The van der Waals surface area contributed by atoms with Gasteiger partial charge in [-0.1, -0.05) is 6.07 Å². The Hall–Kier alpha value is -2.15. The summed E-state index contributed by atoms with van der Waals surface area (Å²) < 4.78 is 10.9. The van der Waals surface area contributed by atoms with Crippen LogP contribution in [0.4, 0.5) is 4.79 Å². The van der Waals surface area contributed by atoms with Gasteiger partial charge in [0.05, 0.1) is 6.04 Å². The average Bonchev–Trinajstić information content (AvgIpc) is 3.23. The Morgan fingerprint density at radius 3 is 2.80 bits per heavy atom. The molecule has 0 aromatic carbocycles. The number of carbonyl (C=O) groups excluding carboxylic acids is 1. The van der Waals surface area contributed by atoms with E-state index in [2.05, 4.69) is 15.2 Å². The standard InChI is InChI=1S/C17H21ClN4O3/c1-17(2,3)25-16(23)22-8-4-5-13(22)11-6-7-12(19-10-11)15-21-20-14(9-18)24-15/h6-7,10,13H,4-5,8-9H2,1-3H3. The molecule has 1 saturated heterocycles. The molecule has 0 radical (unpaired) electrons. The highest BCUT2D eigenvalue weighted by atomic mass is 35.5. The molecule has 2 aromatic heterocycles.